The molecule has 0 spiro atoms. The van der Waals surface area contributed by atoms with Gasteiger partial charge in [0.1, 0.15) is 5.82 Å². The molecule has 0 unspecified atom stereocenters. The van der Waals surface area contributed by atoms with Crippen molar-refractivity contribution in [3.63, 3.8) is 0 Å². The molecule has 1 aromatic rings. The summed E-state index contributed by atoms with van der Waals surface area (Å²) in [7, 11) is 0. The van der Waals surface area contributed by atoms with Gasteiger partial charge in [-0.3, -0.25) is 0 Å². The summed E-state index contributed by atoms with van der Waals surface area (Å²) in [6.07, 6.45) is 10.3. The van der Waals surface area contributed by atoms with Crippen LogP contribution in [0, 0.1) is 12.8 Å². The van der Waals surface area contributed by atoms with Crippen LogP contribution in [0.25, 0.3) is 0 Å². The Morgan fingerprint density at radius 3 is 2.58 bits per heavy atom. The molecule has 132 valence electrons. The first kappa shape index (κ1) is 17.2. The number of rotatable bonds is 3. The number of piperidine rings is 1. The van der Waals surface area contributed by atoms with Crippen molar-refractivity contribution in [2.45, 2.75) is 70.8 Å². The minimum atomic E-state index is 0.116. The molecule has 1 aliphatic carbocycles. The number of urea groups is 1. The summed E-state index contributed by atoms with van der Waals surface area (Å²) in [4.78, 5) is 23.2. The number of amides is 2. The predicted molar refractivity (Wildman–Crippen MR) is 94.9 cm³/mol. The van der Waals surface area contributed by atoms with Crippen molar-refractivity contribution in [3.8, 4) is 0 Å². The highest BCUT2D eigenvalue weighted by atomic mass is 16.2. The maximum Gasteiger partial charge on any atom is 0.317 e. The molecule has 0 radical (unpaired) electrons. The van der Waals surface area contributed by atoms with Crippen molar-refractivity contribution < 1.29 is 4.79 Å². The smallest absolute Gasteiger partial charge is 0.317 e. The predicted octanol–water partition coefficient (Wildman–Crippen LogP) is 3.64. The van der Waals surface area contributed by atoms with Gasteiger partial charge in [0.2, 0.25) is 0 Å². The first-order chi connectivity index (χ1) is 11.6. The van der Waals surface area contributed by atoms with Gasteiger partial charge in [0.05, 0.1) is 0 Å². The zero-order valence-electron chi connectivity index (χ0n) is 15.0. The van der Waals surface area contributed by atoms with E-state index in [1.54, 1.807) is 0 Å². The Hall–Kier alpha value is -1.65. The highest BCUT2D eigenvalue weighted by Crippen LogP contribution is 2.28. The van der Waals surface area contributed by atoms with Gasteiger partial charge in [0.15, 0.2) is 0 Å². The van der Waals surface area contributed by atoms with Gasteiger partial charge in [-0.15, -0.1) is 0 Å². The summed E-state index contributed by atoms with van der Waals surface area (Å²) in [5, 5.41) is 3.24. The van der Waals surface area contributed by atoms with Crippen molar-refractivity contribution in [3.05, 3.63) is 23.8 Å². The van der Waals surface area contributed by atoms with Crippen LogP contribution in [-0.2, 0) is 0 Å². The van der Waals surface area contributed by atoms with E-state index in [1.165, 1.54) is 32.1 Å². The number of aryl methyl sites for hydroxylation is 1. The van der Waals surface area contributed by atoms with Gasteiger partial charge in [-0.1, -0.05) is 19.3 Å². The third-order valence-corrected chi connectivity index (χ3v) is 5.71. The normalized spacial score (nSPS) is 21.5. The van der Waals surface area contributed by atoms with Crippen molar-refractivity contribution >= 4 is 6.03 Å². The Labute approximate surface area is 145 Å². The fourth-order valence-corrected chi connectivity index (χ4v) is 4.12. The molecule has 1 atom stereocenters. The summed E-state index contributed by atoms with van der Waals surface area (Å²) >= 11 is 0. The Morgan fingerprint density at radius 1 is 1.21 bits per heavy atom. The minimum Gasteiger partial charge on any atom is -0.335 e. The molecule has 2 aliphatic rings. The number of nitrogens with zero attached hydrogens (tertiary/aromatic N) is 3. The van der Waals surface area contributed by atoms with E-state index >= 15 is 0 Å². The fraction of sp³-hybridized carbons (Fsp3) is 0.737. The number of likely N-dealkylation sites (tertiary alicyclic amines) is 1. The molecule has 0 bridgehead atoms. The summed E-state index contributed by atoms with van der Waals surface area (Å²) in [6.45, 7) is 5.73. The standard InChI is InChI=1S/C19H30N4O/c1-14(16-6-4-3-5-7-16)21-19(24)23-12-9-17(10-13-23)18-8-11-20-15(2)22-18/h8,11,14,16-17H,3-7,9-10,12-13H2,1-2H3,(H,21,24)/t14-/m0/s1. The Morgan fingerprint density at radius 2 is 1.92 bits per heavy atom. The van der Waals surface area contributed by atoms with Crippen molar-refractivity contribution in [1.29, 1.82) is 0 Å². The average Bonchev–Trinajstić information content (AvgIpc) is 2.62. The molecule has 5 nitrogen and oxygen atoms in total. The zero-order chi connectivity index (χ0) is 16.9. The second-order valence-electron chi connectivity index (χ2n) is 7.43. The number of nitrogens with one attached hydrogen (secondary N) is 1. The van der Waals surface area contributed by atoms with E-state index in [4.69, 9.17) is 0 Å². The van der Waals surface area contributed by atoms with Gasteiger partial charge in [-0.2, -0.15) is 0 Å². The van der Waals surface area contributed by atoms with E-state index in [9.17, 15) is 4.79 Å². The second-order valence-corrected chi connectivity index (χ2v) is 7.43. The van der Waals surface area contributed by atoms with Gasteiger partial charge in [-0.25, -0.2) is 14.8 Å². The Balaban J connectivity index is 1.48. The molecule has 0 aromatic carbocycles. The highest BCUT2D eigenvalue weighted by Gasteiger charge is 2.27. The lowest BCUT2D eigenvalue weighted by molar-refractivity contribution is 0.170. The number of carbonyl (C=O) groups excluding carboxylic acids is 1. The number of hydrogen-bond donors (Lipinski definition) is 1. The van der Waals surface area contributed by atoms with E-state index in [-0.39, 0.29) is 6.03 Å². The van der Waals surface area contributed by atoms with Crippen LogP contribution in [0.15, 0.2) is 12.3 Å². The van der Waals surface area contributed by atoms with Gasteiger partial charge in [0, 0.05) is 36.9 Å². The molecular weight excluding hydrogens is 300 g/mol. The largest absolute Gasteiger partial charge is 0.335 e. The molecule has 2 heterocycles. The van der Waals surface area contributed by atoms with Crippen LogP contribution < -0.4 is 5.32 Å². The molecule has 3 rings (SSSR count). The molecule has 1 saturated carbocycles. The van der Waals surface area contributed by atoms with Gasteiger partial charge in [-0.05, 0) is 51.5 Å². The first-order valence-corrected chi connectivity index (χ1v) is 9.48. The molecule has 2 fully saturated rings. The van der Waals surface area contributed by atoms with Crippen LogP contribution in [0.4, 0.5) is 4.79 Å². The molecule has 2 amide bonds. The lowest BCUT2D eigenvalue weighted by Gasteiger charge is -2.34. The lowest BCUT2D eigenvalue weighted by atomic mass is 9.84. The third-order valence-electron chi connectivity index (χ3n) is 5.71. The van der Waals surface area contributed by atoms with E-state index in [1.807, 2.05) is 24.1 Å². The number of hydrogen-bond acceptors (Lipinski definition) is 3. The van der Waals surface area contributed by atoms with E-state index in [0.29, 0.717) is 17.9 Å². The fourth-order valence-electron chi connectivity index (χ4n) is 4.12. The minimum absolute atomic E-state index is 0.116. The summed E-state index contributed by atoms with van der Waals surface area (Å²) < 4.78 is 0. The van der Waals surface area contributed by atoms with E-state index < -0.39 is 0 Å². The second kappa shape index (κ2) is 7.95. The quantitative estimate of drug-likeness (QED) is 0.920. The molecule has 24 heavy (non-hydrogen) atoms. The number of carbonyl (C=O) groups is 1. The van der Waals surface area contributed by atoms with Crippen LogP contribution in [-0.4, -0.2) is 40.0 Å². The highest BCUT2D eigenvalue weighted by molar-refractivity contribution is 5.74. The topological polar surface area (TPSA) is 58.1 Å². The zero-order valence-corrected chi connectivity index (χ0v) is 15.0. The lowest BCUT2D eigenvalue weighted by Crippen LogP contribution is -2.49. The monoisotopic (exact) mass is 330 g/mol. The van der Waals surface area contributed by atoms with Crippen molar-refractivity contribution in [2.24, 2.45) is 5.92 Å². The number of aromatic nitrogens is 2. The van der Waals surface area contributed by atoms with Crippen molar-refractivity contribution in [2.75, 3.05) is 13.1 Å². The Kier molecular flexibility index (Phi) is 5.69. The average molecular weight is 330 g/mol. The van der Waals surface area contributed by atoms with E-state index in [0.717, 1.165) is 37.4 Å². The SMILES string of the molecule is Cc1nccc(C2CCN(C(=O)N[C@@H](C)C3CCCCC3)CC2)n1. The molecule has 1 saturated heterocycles. The maximum absolute atomic E-state index is 12.5. The third kappa shape index (κ3) is 4.25. The van der Waals surface area contributed by atoms with Crippen LogP contribution in [0.5, 0.6) is 0 Å². The van der Waals surface area contributed by atoms with Crippen molar-refractivity contribution in [1.82, 2.24) is 20.2 Å². The molecule has 1 aliphatic heterocycles. The molecular formula is C19H30N4O. The van der Waals surface area contributed by atoms with Gasteiger partial charge < -0.3 is 10.2 Å². The molecule has 1 N–H and O–H groups in total. The Bertz CT molecular complexity index is 548. The summed E-state index contributed by atoms with van der Waals surface area (Å²) in [6, 6.07) is 2.42. The molecule has 5 heteroatoms. The van der Waals surface area contributed by atoms with Crippen LogP contribution in [0.1, 0.15) is 69.3 Å². The summed E-state index contributed by atoms with van der Waals surface area (Å²) in [5.41, 5.74) is 1.12. The van der Waals surface area contributed by atoms with Crippen LogP contribution in [0.2, 0.25) is 0 Å². The van der Waals surface area contributed by atoms with E-state index in [2.05, 4.69) is 22.2 Å². The first-order valence-electron chi connectivity index (χ1n) is 9.48. The maximum atomic E-state index is 12.5. The van der Waals surface area contributed by atoms with Crippen LogP contribution >= 0.6 is 0 Å². The van der Waals surface area contributed by atoms with Gasteiger partial charge in [0.25, 0.3) is 0 Å². The summed E-state index contributed by atoms with van der Waals surface area (Å²) in [5.74, 6) is 1.93. The van der Waals surface area contributed by atoms with Gasteiger partial charge >= 0.3 is 6.03 Å². The van der Waals surface area contributed by atoms with Crippen LogP contribution in [0.3, 0.4) is 0 Å². The molecule has 1 aromatic heterocycles.